The van der Waals surface area contributed by atoms with Gasteiger partial charge in [0.05, 0.1) is 13.2 Å². The Kier molecular flexibility index (Phi) is 3.80. The molecule has 2 rings (SSSR count). The zero-order valence-electron chi connectivity index (χ0n) is 9.69. The summed E-state index contributed by atoms with van der Waals surface area (Å²) in [5, 5.41) is 0. The fourth-order valence-electron chi connectivity index (χ4n) is 1.90. The van der Waals surface area contributed by atoms with Gasteiger partial charge in [-0.1, -0.05) is 25.1 Å². The maximum Gasteiger partial charge on any atom is 0.124 e. The molecule has 0 radical (unpaired) electrons. The molecule has 1 unspecified atom stereocenters. The molecule has 1 saturated heterocycles. The lowest BCUT2D eigenvalue weighted by molar-refractivity contribution is 0.140. The Morgan fingerprint density at radius 2 is 2.31 bits per heavy atom. The minimum absolute atomic E-state index is 0.0542. The first-order valence-corrected chi connectivity index (χ1v) is 5.90. The monoisotopic (exact) mass is 221 g/mol. The lowest BCUT2D eigenvalue weighted by Crippen LogP contribution is -2.18. The lowest BCUT2D eigenvalue weighted by atomic mass is 10.0. The van der Waals surface area contributed by atoms with Gasteiger partial charge < -0.3 is 15.2 Å². The summed E-state index contributed by atoms with van der Waals surface area (Å²) in [5.41, 5.74) is 7.15. The van der Waals surface area contributed by atoms with Crippen molar-refractivity contribution < 1.29 is 9.47 Å². The van der Waals surface area contributed by atoms with Gasteiger partial charge in [-0.05, 0) is 12.5 Å². The quantitative estimate of drug-likeness (QED) is 0.848. The average molecular weight is 221 g/mol. The zero-order chi connectivity index (χ0) is 11.4. The highest BCUT2D eigenvalue weighted by Gasteiger charge is 2.19. The van der Waals surface area contributed by atoms with Gasteiger partial charge in [-0.2, -0.15) is 0 Å². The third-order valence-electron chi connectivity index (χ3n) is 2.94. The van der Waals surface area contributed by atoms with Gasteiger partial charge in [-0.15, -0.1) is 0 Å². The molecule has 0 bridgehead atoms. The molecule has 1 aromatic carbocycles. The standard InChI is InChI=1S/C13H19NO2/c1-2-12(14)11-5-3-4-6-13(11)16-10-7-8-15-9-10/h3-6,10,12H,2,7-9,14H2,1H3/t10?,12-/m1/s1. The summed E-state index contributed by atoms with van der Waals surface area (Å²) in [5.74, 6) is 0.910. The third kappa shape index (κ3) is 2.54. The van der Waals surface area contributed by atoms with E-state index in [4.69, 9.17) is 15.2 Å². The van der Waals surface area contributed by atoms with Crippen molar-refractivity contribution in [1.82, 2.24) is 0 Å². The van der Waals surface area contributed by atoms with E-state index in [1.54, 1.807) is 0 Å². The topological polar surface area (TPSA) is 44.5 Å². The number of hydrogen-bond donors (Lipinski definition) is 1. The van der Waals surface area contributed by atoms with E-state index in [0.717, 1.165) is 30.8 Å². The largest absolute Gasteiger partial charge is 0.488 e. The summed E-state index contributed by atoms with van der Waals surface area (Å²) in [6, 6.07) is 8.07. The van der Waals surface area contributed by atoms with Crippen LogP contribution in [0.1, 0.15) is 31.4 Å². The molecular weight excluding hydrogens is 202 g/mol. The van der Waals surface area contributed by atoms with Crippen LogP contribution in [0.3, 0.4) is 0 Å². The van der Waals surface area contributed by atoms with Gasteiger partial charge in [0.1, 0.15) is 11.9 Å². The molecule has 3 nitrogen and oxygen atoms in total. The molecule has 88 valence electrons. The Bertz CT molecular complexity index is 334. The number of benzene rings is 1. The number of hydrogen-bond acceptors (Lipinski definition) is 3. The van der Waals surface area contributed by atoms with E-state index in [9.17, 15) is 0 Å². The number of para-hydroxylation sites is 1. The van der Waals surface area contributed by atoms with Crippen LogP contribution in [0.2, 0.25) is 0 Å². The van der Waals surface area contributed by atoms with Gasteiger partial charge in [0.15, 0.2) is 0 Å². The molecule has 1 aliphatic rings. The number of nitrogens with two attached hydrogens (primary N) is 1. The van der Waals surface area contributed by atoms with Crippen molar-refractivity contribution in [1.29, 1.82) is 0 Å². The van der Waals surface area contributed by atoms with Crippen molar-refractivity contribution >= 4 is 0 Å². The van der Waals surface area contributed by atoms with Gasteiger partial charge in [-0.25, -0.2) is 0 Å². The zero-order valence-corrected chi connectivity index (χ0v) is 9.69. The second kappa shape index (κ2) is 5.32. The summed E-state index contributed by atoms with van der Waals surface area (Å²) >= 11 is 0. The molecule has 1 fully saturated rings. The van der Waals surface area contributed by atoms with Gasteiger partial charge in [0.25, 0.3) is 0 Å². The second-order valence-electron chi connectivity index (χ2n) is 4.16. The van der Waals surface area contributed by atoms with Gasteiger partial charge in [0.2, 0.25) is 0 Å². The van der Waals surface area contributed by atoms with Crippen molar-refractivity contribution in [3.05, 3.63) is 29.8 Å². The second-order valence-corrected chi connectivity index (χ2v) is 4.16. The van der Waals surface area contributed by atoms with Crippen molar-refractivity contribution in [3.63, 3.8) is 0 Å². The van der Waals surface area contributed by atoms with Gasteiger partial charge in [-0.3, -0.25) is 0 Å². The predicted octanol–water partition coefficient (Wildman–Crippen LogP) is 2.26. The van der Waals surface area contributed by atoms with Crippen LogP contribution in [0, 0.1) is 0 Å². The van der Waals surface area contributed by atoms with E-state index in [0.29, 0.717) is 6.61 Å². The van der Waals surface area contributed by atoms with Crippen LogP contribution in [-0.2, 0) is 4.74 Å². The van der Waals surface area contributed by atoms with Crippen LogP contribution >= 0.6 is 0 Å². The highest BCUT2D eigenvalue weighted by molar-refractivity contribution is 5.35. The van der Waals surface area contributed by atoms with Gasteiger partial charge >= 0.3 is 0 Å². The molecule has 0 saturated carbocycles. The summed E-state index contributed by atoms with van der Waals surface area (Å²) in [6.45, 7) is 3.57. The summed E-state index contributed by atoms with van der Waals surface area (Å²) in [7, 11) is 0. The van der Waals surface area contributed by atoms with Crippen LogP contribution in [0.4, 0.5) is 0 Å². The molecular formula is C13H19NO2. The van der Waals surface area contributed by atoms with Gasteiger partial charge in [0, 0.05) is 18.0 Å². The van der Waals surface area contributed by atoms with E-state index in [-0.39, 0.29) is 12.1 Å². The fraction of sp³-hybridized carbons (Fsp3) is 0.538. The molecule has 2 N–H and O–H groups in total. The van der Waals surface area contributed by atoms with Crippen LogP contribution in [0.15, 0.2) is 24.3 Å². The lowest BCUT2D eigenvalue weighted by Gasteiger charge is -2.18. The molecule has 0 aliphatic carbocycles. The fourth-order valence-corrected chi connectivity index (χ4v) is 1.90. The SMILES string of the molecule is CC[C@@H](N)c1ccccc1OC1CCOC1. The van der Waals surface area contributed by atoms with Crippen molar-refractivity contribution in [2.45, 2.75) is 31.9 Å². The van der Waals surface area contributed by atoms with E-state index in [1.165, 1.54) is 0 Å². The Morgan fingerprint density at radius 3 is 3.00 bits per heavy atom. The first kappa shape index (κ1) is 11.4. The van der Waals surface area contributed by atoms with Crippen LogP contribution in [0.25, 0.3) is 0 Å². The average Bonchev–Trinajstić information content (AvgIpc) is 2.82. The Balaban J connectivity index is 2.12. The molecule has 0 aromatic heterocycles. The maximum absolute atomic E-state index is 6.06. The summed E-state index contributed by atoms with van der Waals surface area (Å²) < 4.78 is 11.2. The molecule has 0 spiro atoms. The Labute approximate surface area is 96.5 Å². The highest BCUT2D eigenvalue weighted by atomic mass is 16.5. The molecule has 0 amide bonds. The normalized spacial score (nSPS) is 22.0. The van der Waals surface area contributed by atoms with E-state index < -0.39 is 0 Å². The highest BCUT2D eigenvalue weighted by Crippen LogP contribution is 2.27. The minimum atomic E-state index is 0.0542. The molecule has 1 heterocycles. The van der Waals surface area contributed by atoms with E-state index >= 15 is 0 Å². The summed E-state index contributed by atoms with van der Waals surface area (Å²) in [6.07, 6.45) is 2.07. The van der Waals surface area contributed by atoms with Crippen molar-refractivity contribution in [2.75, 3.05) is 13.2 Å². The third-order valence-corrected chi connectivity index (χ3v) is 2.94. The van der Waals surface area contributed by atoms with Crippen LogP contribution in [-0.4, -0.2) is 19.3 Å². The molecule has 16 heavy (non-hydrogen) atoms. The minimum Gasteiger partial charge on any atom is -0.488 e. The van der Waals surface area contributed by atoms with E-state index in [1.807, 2.05) is 24.3 Å². The first-order chi connectivity index (χ1) is 7.81. The molecule has 1 aromatic rings. The molecule has 1 aliphatic heterocycles. The smallest absolute Gasteiger partial charge is 0.124 e. The summed E-state index contributed by atoms with van der Waals surface area (Å²) in [4.78, 5) is 0. The number of rotatable bonds is 4. The van der Waals surface area contributed by atoms with Crippen LogP contribution < -0.4 is 10.5 Å². The number of ether oxygens (including phenoxy) is 2. The molecule has 2 atom stereocenters. The molecule has 3 heteroatoms. The van der Waals surface area contributed by atoms with E-state index in [2.05, 4.69) is 6.92 Å². The first-order valence-electron chi connectivity index (χ1n) is 5.90. The van der Waals surface area contributed by atoms with Crippen molar-refractivity contribution in [3.8, 4) is 5.75 Å². The Hall–Kier alpha value is -1.06. The van der Waals surface area contributed by atoms with Crippen molar-refractivity contribution in [2.24, 2.45) is 5.73 Å². The Morgan fingerprint density at radius 1 is 1.50 bits per heavy atom. The predicted molar refractivity (Wildman–Crippen MR) is 63.5 cm³/mol. The van der Waals surface area contributed by atoms with Crippen LogP contribution in [0.5, 0.6) is 5.75 Å². The maximum atomic E-state index is 6.06.